The molecule has 3 aromatic rings. The van der Waals surface area contributed by atoms with Crippen molar-refractivity contribution in [3.05, 3.63) is 60.2 Å². The van der Waals surface area contributed by atoms with E-state index in [1.54, 1.807) is 6.26 Å². The van der Waals surface area contributed by atoms with E-state index in [9.17, 15) is 4.79 Å². The van der Waals surface area contributed by atoms with Gasteiger partial charge in [0, 0.05) is 30.6 Å². The quantitative estimate of drug-likeness (QED) is 0.658. The topological polar surface area (TPSA) is 47.2 Å². The number of aryl methyl sites for hydroxylation is 1. The highest BCUT2D eigenvalue weighted by molar-refractivity contribution is 5.86. The number of amides is 1. The van der Waals surface area contributed by atoms with E-state index in [4.69, 9.17) is 4.42 Å². The molecule has 0 unspecified atom stereocenters. The maximum absolute atomic E-state index is 12.7. The van der Waals surface area contributed by atoms with Crippen molar-refractivity contribution in [2.45, 2.75) is 51.0 Å². The summed E-state index contributed by atoms with van der Waals surface area (Å²) in [5.41, 5.74) is 2.57. The molecule has 1 aromatic carbocycles. The minimum atomic E-state index is 0.106. The van der Waals surface area contributed by atoms with Crippen LogP contribution in [0.3, 0.4) is 0 Å². The van der Waals surface area contributed by atoms with E-state index in [0.717, 1.165) is 5.76 Å². The Hall–Kier alpha value is -2.49. The molecule has 2 heterocycles. The molecule has 0 radical (unpaired) electrons. The first kappa shape index (κ1) is 17.9. The zero-order chi connectivity index (χ0) is 18.6. The first-order valence-electron chi connectivity index (χ1n) is 10.1. The summed E-state index contributed by atoms with van der Waals surface area (Å²) in [6, 6.07) is 12.3. The van der Waals surface area contributed by atoms with Gasteiger partial charge in [-0.3, -0.25) is 4.79 Å². The van der Waals surface area contributed by atoms with Gasteiger partial charge in [-0.2, -0.15) is 0 Å². The van der Waals surface area contributed by atoms with Crippen molar-refractivity contribution in [3.8, 4) is 0 Å². The number of nitrogens with one attached hydrogen (secondary N) is 1. The number of aromatic nitrogens is 1. The van der Waals surface area contributed by atoms with Crippen molar-refractivity contribution in [2.24, 2.45) is 13.0 Å². The summed E-state index contributed by atoms with van der Waals surface area (Å²) < 4.78 is 7.53. The average Bonchev–Trinajstić information content (AvgIpc) is 3.34. The molecule has 1 saturated carbocycles. The molecule has 1 fully saturated rings. The number of para-hydroxylation sites is 1. The van der Waals surface area contributed by atoms with Crippen LogP contribution in [0.15, 0.2) is 53.3 Å². The second kappa shape index (κ2) is 8.03. The van der Waals surface area contributed by atoms with Crippen molar-refractivity contribution in [3.63, 3.8) is 0 Å². The number of carbonyl (C=O) groups excluding carboxylic acids is 1. The first-order valence-corrected chi connectivity index (χ1v) is 10.1. The molecule has 27 heavy (non-hydrogen) atoms. The molecule has 0 spiro atoms. The third-order valence-corrected chi connectivity index (χ3v) is 5.99. The van der Waals surface area contributed by atoms with E-state index < -0.39 is 0 Å². The highest BCUT2D eigenvalue weighted by Gasteiger charge is 2.29. The first-order chi connectivity index (χ1) is 13.2. The van der Waals surface area contributed by atoms with Crippen molar-refractivity contribution < 1.29 is 9.21 Å². The Labute approximate surface area is 160 Å². The lowest BCUT2D eigenvalue weighted by Gasteiger charge is -2.30. The maximum Gasteiger partial charge on any atom is 0.220 e. The van der Waals surface area contributed by atoms with Crippen molar-refractivity contribution in [1.82, 2.24) is 9.88 Å². The second-order valence-electron chi connectivity index (χ2n) is 7.78. The monoisotopic (exact) mass is 364 g/mol. The highest BCUT2D eigenvalue weighted by Crippen LogP contribution is 2.41. The zero-order valence-electron chi connectivity index (χ0n) is 16.0. The van der Waals surface area contributed by atoms with Gasteiger partial charge in [0.2, 0.25) is 5.91 Å². The fraction of sp³-hybridized carbons (Fsp3) is 0.435. The van der Waals surface area contributed by atoms with Gasteiger partial charge in [0.05, 0.1) is 12.8 Å². The van der Waals surface area contributed by atoms with Gasteiger partial charge in [0.15, 0.2) is 0 Å². The third kappa shape index (κ3) is 3.95. The lowest BCUT2D eigenvalue weighted by atomic mass is 9.75. The second-order valence-corrected chi connectivity index (χ2v) is 7.78. The number of hydrogen-bond donors (Lipinski definition) is 1. The number of carbonyl (C=O) groups is 1. The molecule has 1 aliphatic rings. The molecule has 4 heteroatoms. The van der Waals surface area contributed by atoms with E-state index in [-0.39, 0.29) is 11.8 Å². The number of hydrogen-bond acceptors (Lipinski definition) is 2. The summed E-state index contributed by atoms with van der Waals surface area (Å²) in [5.74, 6) is 1.75. The molecule has 0 aliphatic heterocycles. The van der Waals surface area contributed by atoms with E-state index >= 15 is 0 Å². The Morgan fingerprint density at radius 1 is 1.19 bits per heavy atom. The molecule has 4 nitrogen and oxygen atoms in total. The summed E-state index contributed by atoms with van der Waals surface area (Å²) in [5, 5.41) is 4.33. The van der Waals surface area contributed by atoms with Crippen LogP contribution in [-0.2, 0) is 18.4 Å². The Morgan fingerprint density at radius 2 is 2.00 bits per heavy atom. The van der Waals surface area contributed by atoms with Crippen molar-refractivity contribution in [2.75, 3.05) is 0 Å². The van der Waals surface area contributed by atoms with Crippen LogP contribution in [0.4, 0.5) is 0 Å². The largest absolute Gasteiger partial charge is 0.467 e. The fourth-order valence-corrected chi connectivity index (χ4v) is 4.61. The number of furan rings is 1. The van der Waals surface area contributed by atoms with Crippen molar-refractivity contribution >= 4 is 16.8 Å². The van der Waals surface area contributed by atoms with Crippen LogP contribution in [0.5, 0.6) is 0 Å². The lowest BCUT2D eigenvalue weighted by Crippen LogP contribution is -2.27. The molecule has 0 bridgehead atoms. The van der Waals surface area contributed by atoms with Crippen LogP contribution in [0, 0.1) is 5.92 Å². The SMILES string of the molecule is Cn1cc([C@@H](CC(=O)NCc2ccco2)C2CCCCC2)c2ccccc21. The number of benzene rings is 1. The van der Waals surface area contributed by atoms with Crippen LogP contribution in [0.25, 0.3) is 10.9 Å². The summed E-state index contributed by atoms with van der Waals surface area (Å²) in [4.78, 5) is 12.7. The van der Waals surface area contributed by atoms with Crippen LogP contribution in [-0.4, -0.2) is 10.5 Å². The Kier molecular flexibility index (Phi) is 5.33. The minimum absolute atomic E-state index is 0.106. The molecule has 0 saturated heterocycles. The molecule has 4 rings (SSSR count). The fourth-order valence-electron chi connectivity index (χ4n) is 4.61. The predicted molar refractivity (Wildman–Crippen MR) is 107 cm³/mol. The van der Waals surface area contributed by atoms with Gasteiger partial charge in [-0.05, 0) is 48.4 Å². The van der Waals surface area contributed by atoms with Crippen molar-refractivity contribution in [1.29, 1.82) is 0 Å². The molecule has 1 aliphatic carbocycles. The van der Waals surface area contributed by atoms with E-state index in [0.29, 0.717) is 18.9 Å². The molecular formula is C23H28N2O2. The van der Waals surface area contributed by atoms with E-state index in [1.807, 2.05) is 12.1 Å². The Morgan fingerprint density at radius 3 is 2.78 bits per heavy atom. The molecule has 1 amide bonds. The predicted octanol–water partition coefficient (Wildman–Crippen LogP) is 5.14. The number of fused-ring (bicyclic) bond motifs is 1. The normalized spacial score (nSPS) is 16.5. The smallest absolute Gasteiger partial charge is 0.220 e. The minimum Gasteiger partial charge on any atom is -0.467 e. The maximum atomic E-state index is 12.7. The summed E-state index contributed by atoms with van der Waals surface area (Å²) in [6.45, 7) is 0.457. The Balaban J connectivity index is 1.57. The van der Waals surface area contributed by atoms with Crippen LogP contribution < -0.4 is 5.32 Å². The Bertz CT molecular complexity index is 888. The highest BCUT2D eigenvalue weighted by atomic mass is 16.3. The zero-order valence-corrected chi connectivity index (χ0v) is 16.0. The number of nitrogens with zero attached hydrogens (tertiary/aromatic N) is 1. The molecule has 2 aromatic heterocycles. The summed E-state index contributed by atoms with van der Waals surface area (Å²) in [6.07, 6.45) is 10.7. The van der Waals surface area contributed by atoms with Gasteiger partial charge in [0.25, 0.3) is 0 Å². The molecule has 1 atom stereocenters. The van der Waals surface area contributed by atoms with Gasteiger partial charge in [0.1, 0.15) is 5.76 Å². The van der Waals surface area contributed by atoms with Crippen LogP contribution >= 0.6 is 0 Å². The lowest BCUT2D eigenvalue weighted by molar-refractivity contribution is -0.122. The standard InChI is InChI=1S/C23H28N2O2/c1-25-16-21(19-11-5-6-12-22(19)25)20(17-8-3-2-4-9-17)14-23(26)24-15-18-10-7-13-27-18/h5-7,10-13,16-17,20H,2-4,8-9,14-15H2,1H3,(H,24,26)/t20-/m0/s1. The van der Waals surface area contributed by atoms with Crippen LogP contribution in [0.2, 0.25) is 0 Å². The van der Waals surface area contributed by atoms with Gasteiger partial charge in [-0.15, -0.1) is 0 Å². The van der Waals surface area contributed by atoms with Gasteiger partial charge < -0.3 is 14.3 Å². The molecular weight excluding hydrogens is 336 g/mol. The summed E-state index contributed by atoms with van der Waals surface area (Å²) in [7, 11) is 2.10. The van der Waals surface area contributed by atoms with Gasteiger partial charge in [-0.1, -0.05) is 37.5 Å². The average molecular weight is 364 g/mol. The number of rotatable bonds is 6. The van der Waals surface area contributed by atoms with Crippen LogP contribution in [0.1, 0.15) is 55.8 Å². The van der Waals surface area contributed by atoms with E-state index in [1.165, 1.54) is 48.6 Å². The molecule has 1 N–H and O–H groups in total. The molecule has 142 valence electrons. The summed E-state index contributed by atoms with van der Waals surface area (Å²) >= 11 is 0. The van der Waals surface area contributed by atoms with Gasteiger partial charge in [-0.25, -0.2) is 0 Å². The van der Waals surface area contributed by atoms with E-state index in [2.05, 4.69) is 47.4 Å². The van der Waals surface area contributed by atoms with Gasteiger partial charge >= 0.3 is 0 Å². The third-order valence-electron chi connectivity index (χ3n) is 5.99.